The van der Waals surface area contributed by atoms with Crippen LogP contribution in [0.15, 0.2) is 12.1 Å². The number of phenolic OH excluding ortho intramolecular Hbond substituents is 1. The molecule has 0 aliphatic heterocycles. The van der Waals surface area contributed by atoms with Gasteiger partial charge < -0.3 is 15.2 Å². The van der Waals surface area contributed by atoms with Crippen molar-refractivity contribution in [1.29, 1.82) is 0 Å². The SMILES string of the molecule is CC(C)(C)OC(=O)NCC#Cc1cc(F)c(O)c([N+](=O)[O-])c1. The van der Waals surface area contributed by atoms with Crippen LogP contribution in [0, 0.1) is 27.8 Å². The van der Waals surface area contributed by atoms with Crippen LogP contribution in [-0.4, -0.2) is 28.3 Å². The van der Waals surface area contributed by atoms with E-state index in [9.17, 15) is 24.4 Å². The highest BCUT2D eigenvalue weighted by atomic mass is 19.1. The van der Waals surface area contributed by atoms with Crippen LogP contribution in [0.2, 0.25) is 0 Å². The summed E-state index contributed by atoms with van der Waals surface area (Å²) >= 11 is 0. The molecule has 0 unspecified atom stereocenters. The average molecular weight is 310 g/mol. The van der Waals surface area contributed by atoms with Crippen LogP contribution in [0.4, 0.5) is 14.9 Å². The lowest BCUT2D eigenvalue weighted by Gasteiger charge is -2.18. The molecule has 2 N–H and O–H groups in total. The first-order valence-electron chi connectivity index (χ1n) is 6.23. The molecule has 0 aliphatic rings. The number of carbonyl (C=O) groups is 1. The van der Waals surface area contributed by atoms with Gasteiger partial charge in [0, 0.05) is 11.6 Å². The summed E-state index contributed by atoms with van der Waals surface area (Å²) in [5.41, 5.74) is -1.41. The van der Waals surface area contributed by atoms with Crippen molar-refractivity contribution >= 4 is 11.8 Å². The number of benzene rings is 1. The first-order valence-corrected chi connectivity index (χ1v) is 6.23. The van der Waals surface area contributed by atoms with Gasteiger partial charge in [-0.15, -0.1) is 0 Å². The van der Waals surface area contributed by atoms with Crippen LogP contribution in [0.3, 0.4) is 0 Å². The van der Waals surface area contributed by atoms with Crippen LogP contribution in [0.25, 0.3) is 0 Å². The van der Waals surface area contributed by atoms with E-state index >= 15 is 0 Å². The quantitative estimate of drug-likeness (QED) is 0.496. The number of rotatable bonds is 2. The fourth-order valence-electron chi connectivity index (χ4n) is 1.37. The van der Waals surface area contributed by atoms with Crippen molar-refractivity contribution < 1.29 is 24.0 Å². The van der Waals surface area contributed by atoms with E-state index < -0.39 is 33.9 Å². The van der Waals surface area contributed by atoms with E-state index in [4.69, 9.17) is 4.74 Å². The number of phenols is 1. The molecule has 8 heteroatoms. The van der Waals surface area contributed by atoms with Gasteiger partial charge in [0.15, 0.2) is 5.82 Å². The van der Waals surface area contributed by atoms with Gasteiger partial charge in [-0.3, -0.25) is 10.1 Å². The molecule has 0 aromatic heterocycles. The Labute approximate surface area is 126 Å². The lowest BCUT2D eigenvalue weighted by Crippen LogP contribution is -2.32. The van der Waals surface area contributed by atoms with Gasteiger partial charge in [-0.1, -0.05) is 11.8 Å². The van der Waals surface area contributed by atoms with E-state index in [1.54, 1.807) is 20.8 Å². The highest BCUT2D eigenvalue weighted by molar-refractivity contribution is 5.68. The molecule has 7 nitrogen and oxygen atoms in total. The van der Waals surface area contributed by atoms with Gasteiger partial charge in [0.25, 0.3) is 0 Å². The van der Waals surface area contributed by atoms with E-state index in [0.717, 1.165) is 12.1 Å². The van der Waals surface area contributed by atoms with E-state index in [0.29, 0.717) is 0 Å². The second-order valence-corrected chi connectivity index (χ2v) is 5.24. The summed E-state index contributed by atoms with van der Waals surface area (Å²) in [7, 11) is 0. The van der Waals surface area contributed by atoms with Gasteiger partial charge in [-0.2, -0.15) is 0 Å². The summed E-state index contributed by atoms with van der Waals surface area (Å²) in [6.07, 6.45) is -0.662. The zero-order valence-corrected chi connectivity index (χ0v) is 12.3. The van der Waals surface area contributed by atoms with E-state index in [2.05, 4.69) is 17.2 Å². The van der Waals surface area contributed by atoms with E-state index in [1.165, 1.54) is 0 Å². The number of nitro groups is 1. The Morgan fingerprint density at radius 3 is 2.68 bits per heavy atom. The number of amides is 1. The van der Waals surface area contributed by atoms with Crippen molar-refractivity contribution in [1.82, 2.24) is 5.32 Å². The summed E-state index contributed by atoms with van der Waals surface area (Å²) in [6, 6.07) is 1.81. The lowest BCUT2D eigenvalue weighted by molar-refractivity contribution is -0.386. The fourth-order valence-corrected chi connectivity index (χ4v) is 1.37. The van der Waals surface area contributed by atoms with Crippen molar-refractivity contribution in [2.24, 2.45) is 0 Å². The molecule has 22 heavy (non-hydrogen) atoms. The summed E-state index contributed by atoms with van der Waals surface area (Å²) < 4.78 is 18.3. The van der Waals surface area contributed by atoms with Gasteiger partial charge in [-0.25, -0.2) is 9.18 Å². The molecule has 0 heterocycles. The van der Waals surface area contributed by atoms with Gasteiger partial charge in [-0.05, 0) is 26.8 Å². The van der Waals surface area contributed by atoms with Crippen LogP contribution in [0.5, 0.6) is 5.75 Å². The van der Waals surface area contributed by atoms with E-state index in [1.807, 2.05) is 0 Å². The zero-order valence-electron chi connectivity index (χ0n) is 12.3. The predicted octanol–water partition coefficient (Wildman–Crippen LogP) is 2.32. The number of nitrogens with zero attached hydrogens (tertiary/aromatic N) is 1. The molecule has 0 saturated carbocycles. The maximum Gasteiger partial charge on any atom is 0.408 e. The number of hydrogen-bond acceptors (Lipinski definition) is 5. The number of carbonyl (C=O) groups excluding carboxylic acids is 1. The van der Waals surface area contributed by atoms with Crippen molar-refractivity contribution in [3.63, 3.8) is 0 Å². The molecule has 1 aromatic carbocycles. The molecular formula is C14H15FN2O5. The van der Waals surface area contributed by atoms with Crippen molar-refractivity contribution in [2.45, 2.75) is 26.4 Å². The van der Waals surface area contributed by atoms with Crippen LogP contribution in [-0.2, 0) is 4.74 Å². The molecule has 1 aromatic rings. The molecule has 0 saturated heterocycles. The molecule has 0 bridgehead atoms. The number of nitro benzene ring substituents is 1. The van der Waals surface area contributed by atoms with E-state index in [-0.39, 0.29) is 12.1 Å². The topological polar surface area (TPSA) is 102 Å². The summed E-state index contributed by atoms with van der Waals surface area (Å²) in [6.45, 7) is 5.04. The van der Waals surface area contributed by atoms with Gasteiger partial charge in [0.2, 0.25) is 5.75 Å². The van der Waals surface area contributed by atoms with Crippen molar-refractivity contribution in [3.8, 4) is 17.6 Å². The Kier molecular flexibility index (Phi) is 5.29. The maximum atomic E-state index is 13.3. The summed E-state index contributed by atoms with van der Waals surface area (Å²) in [5, 5.41) is 22.2. The Bertz CT molecular complexity index is 656. The molecule has 118 valence electrons. The number of hydrogen-bond donors (Lipinski definition) is 2. The molecule has 1 rings (SSSR count). The molecule has 0 spiro atoms. The first-order chi connectivity index (χ1) is 10.1. The number of halogens is 1. The maximum absolute atomic E-state index is 13.3. The lowest BCUT2D eigenvalue weighted by atomic mass is 10.2. The summed E-state index contributed by atoms with van der Waals surface area (Å²) in [5.74, 6) is 2.77. The highest BCUT2D eigenvalue weighted by Crippen LogP contribution is 2.29. The fraction of sp³-hybridized carbons (Fsp3) is 0.357. The first kappa shape index (κ1) is 17.2. The van der Waals surface area contributed by atoms with Crippen LogP contribution in [0.1, 0.15) is 26.3 Å². The molecule has 1 amide bonds. The monoisotopic (exact) mass is 310 g/mol. The summed E-state index contributed by atoms with van der Waals surface area (Å²) in [4.78, 5) is 21.1. The van der Waals surface area contributed by atoms with Crippen LogP contribution >= 0.6 is 0 Å². The second-order valence-electron chi connectivity index (χ2n) is 5.24. The van der Waals surface area contributed by atoms with Gasteiger partial charge in [0.1, 0.15) is 5.60 Å². The third-order valence-corrected chi connectivity index (χ3v) is 2.19. The minimum absolute atomic E-state index is 0.00740. The molecule has 0 radical (unpaired) electrons. The molecule has 0 atom stereocenters. The Morgan fingerprint density at radius 1 is 1.50 bits per heavy atom. The molecule has 0 fully saturated rings. The minimum Gasteiger partial charge on any atom is -0.500 e. The largest absolute Gasteiger partial charge is 0.500 e. The smallest absolute Gasteiger partial charge is 0.408 e. The number of ether oxygens (including phenoxy) is 1. The number of nitrogens with one attached hydrogen (secondary N) is 1. The number of aromatic hydroxyl groups is 1. The molecular weight excluding hydrogens is 295 g/mol. The van der Waals surface area contributed by atoms with Crippen molar-refractivity contribution in [3.05, 3.63) is 33.6 Å². The van der Waals surface area contributed by atoms with Crippen molar-refractivity contribution in [2.75, 3.05) is 6.54 Å². The predicted molar refractivity (Wildman–Crippen MR) is 75.8 cm³/mol. The number of alkyl carbamates (subject to hydrolysis) is 1. The Hall–Kier alpha value is -2.82. The van der Waals surface area contributed by atoms with Gasteiger partial charge in [0.05, 0.1) is 11.5 Å². The molecule has 0 aliphatic carbocycles. The standard InChI is InChI=1S/C14H15FN2O5/c1-14(2,3)22-13(19)16-6-4-5-9-7-10(15)12(18)11(8-9)17(20)21/h7-8,18H,6H2,1-3H3,(H,16,19). The Balaban J connectivity index is 2.73. The highest BCUT2D eigenvalue weighted by Gasteiger charge is 2.18. The third kappa shape index (κ3) is 5.28. The average Bonchev–Trinajstić information content (AvgIpc) is 2.36. The minimum atomic E-state index is -1.14. The third-order valence-electron chi connectivity index (χ3n) is 2.19. The van der Waals surface area contributed by atoms with Crippen LogP contribution < -0.4 is 5.32 Å². The van der Waals surface area contributed by atoms with Gasteiger partial charge >= 0.3 is 11.8 Å². The Morgan fingerprint density at radius 2 is 2.14 bits per heavy atom. The zero-order chi connectivity index (χ0) is 16.9. The second kappa shape index (κ2) is 6.76. The normalized spacial score (nSPS) is 10.4.